The van der Waals surface area contributed by atoms with E-state index in [1.807, 2.05) is 12.1 Å². The summed E-state index contributed by atoms with van der Waals surface area (Å²) in [6.07, 6.45) is 4.52. The molecule has 0 amide bonds. The molecule has 2 nitrogen and oxygen atoms in total. The van der Waals surface area contributed by atoms with E-state index in [1.165, 1.54) is 12.8 Å². The zero-order valence-corrected chi connectivity index (χ0v) is 12.1. The first-order valence-electron chi connectivity index (χ1n) is 6.37. The van der Waals surface area contributed by atoms with E-state index in [4.69, 9.17) is 23.2 Å². The molecular formula is C14H18Cl2N2. The van der Waals surface area contributed by atoms with Crippen molar-refractivity contribution in [3.8, 4) is 0 Å². The Morgan fingerprint density at radius 3 is 2.83 bits per heavy atom. The summed E-state index contributed by atoms with van der Waals surface area (Å²) in [5.74, 6) is 0. The average molecular weight is 285 g/mol. The summed E-state index contributed by atoms with van der Waals surface area (Å²) in [6, 6.07) is 5.80. The standard InChI is InChI=1S/C14H18Cl2N2/c1-2-3-5-17-6-8-18-7-4-12-13(16)9-11(15)10-14(12)18/h4,7,9-10,17H,2-3,5-6,8H2,1H3. The lowest BCUT2D eigenvalue weighted by Crippen LogP contribution is -2.20. The highest BCUT2D eigenvalue weighted by Crippen LogP contribution is 2.28. The highest BCUT2D eigenvalue weighted by molar-refractivity contribution is 6.38. The lowest BCUT2D eigenvalue weighted by atomic mass is 10.2. The van der Waals surface area contributed by atoms with E-state index in [0.717, 1.165) is 35.6 Å². The fraction of sp³-hybridized carbons (Fsp3) is 0.429. The molecule has 0 aliphatic rings. The van der Waals surface area contributed by atoms with Gasteiger partial charge in [-0.2, -0.15) is 0 Å². The number of unbranched alkanes of at least 4 members (excludes halogenated alkanes) is 1. The zero-order valence-electron chi connectivity index (χ0n) is 10.5. The first-order valence-corrected chi connectivity index (χ1v) is 7.12. The Hall–Kier alpha value is -0.700. The molecular weight excluding hydrogens is 267 g/mol. The number of rotatable bonds is 6. The second-order valence-electron chi connectivity index (χ2n) is 4.43. The number of benzene rings is 1. The van der Waals surface area contributed by atoms with Crippen LogP contribution in [0.3, 0.4) is 0 Å². The van der Waals surface area contributed by atoms with Crippen LogP contribution in [0.5, 0.6) is 0 Å². The van der Waals surface area contributed by atoms with Crippen LogP contribution in [0.4, 0.5) is 0 Å². The summed E-state index contributed by atoms with van der Waals surface area (Å²) >= 11 is 12.2. The third-order valence-electron chi connectivity index (χ3n) is 3.04. The predicted octanol–water partition coefficient (Wildman–Crippen LogP) is 4.34. The molecule has 1 N–H and O–H groups in total. The molecule has 0 unspecified atom stereocenters. The van der Waals surface area contributed by atoms with Crippen LogP contribution in [0.15, 0.2) is 24.4 Å². The van der Waals surface area contributed by atoms with Gasteiger partial charge in [-0.05, 0) is 31.2 Å². The van der Waals surface area contributed by atoms with Gasteiger partial charge >= 0.3 is 0 Å². The van der Waals surface area contributed by atoms with Gasteiger partial charge in [0.25, 0.3) is 0 Å². The Morgan fingerprint density at radius 1 is 1.22 bits per heavy atom. The van der Waals surface area contributed by atoms with Gasteiger partial charge in [0.2, 0.25) is 0 Å². The summed E-state index contributed by atoms with van der Waals surface area (Å²) < 4.78 is 2.19. The van der Waals surface area contributed by atoms with Crippen LogP contribution in [0.1, 0.15) is 19.8 Å². The SMILES string of the molecule is CCCCNCCn1ccc2c(Cl)cc(Cl)cc21. The van der Waals surface area contributed by atoms with Gasteiger partial charge in [-0.3, -0.25) is 0 Å². The van der Waals surface area contributed by atoms with Crippen molar-refractivity contribution in [3.05, 3.63) is 34.4 Å². The third kappa shape index (κ3) is 3.19. The quantitative estimate of drug-likeness (QED) is 0.781. The van der Waals surface area contributed by atoms with E-state index in [-0.39, 0.29) is 0 Å². The Kier molecular flexibility index (Phi) is 4.93. The monoisotopic (exact) mass is 284 g/mol. The van der Waals surface area contributed by atoms with Gasteiger partial charge in [0.15, 0.2) is 0 Å². The highest BCUT2D eigenvalue weighted by Gasteiger charge is 2.05. The minimum atomic E-state index is 0.686. The minimum absolute atomic E-state index is 0.686. The van der Waals surface area contributed by atoms with Gasteiger partial charge in [0, 0.05) is 29.7 Å². The topological polar surface area (TPSA) is 17.0 Å². The van der Waals surface area contributed by atoms with Crippen LogP contribution >= 0.6 is 23.2 Å². The van der Waals surface area contributed by atoms with Crippen molar-refractivity contribution in [2.75, 3.05) is 13.1 Å². The molecule has 1 aromatic carbocycles. The smallest absolute Gasteiger partial charge is 0.0514 e. The Balaban J connectivity index is 2.05. The maximum absolute atomic E-state index is 6.16. The maximum Gasteiger partial charge on any atom is 0.0514 e. The Morgan fingerprint density at radius 2 is 2.06 bits per heavy atom. The van der Waals surface area contributed by atoms with Crippen molar-refractivity contribution < 1.29 is 0 Å². The molecule has 98 valence electrons. The van der Waals surface area contributed by atoms with Crippen LogP contribution in [0.2, 0.25) is 10.0 Å². The lowest BCUT2D eigenvalue weighted by molar-refractivity contribution is 0.588. The molecule has 18 heavy (non-hydrogen) atoms. The zero-order chi connectivity index (χ0) is 13.0. The van der Waals surface area contributed by atoms with Crippen molar-refractivity contribution in [3.63, 3.8) is 0 Å². The maximum atomic E-state index is 6.16. The van der Waals surface area contributed by atoms with Crippen molar-refractivity contribution in [2.45, 2.75) is 26.3 Å². The lowest BCUT2D eigenvalue weighted by Gasteiger charge is -2.07. The summed E-state index contributed by atoms with van der Waals surface area (Å²) in [7, 11) is 0. The molecule has 2 rings (SSSR count). The van der Waals surface area contributed by atoms with E-state index in [1.54, 1.807) is 6.07 Å². The summed E-state index contributed by atoms with van der Waals surface area (Å²) in [5.41, 5.74) is 1.10. The number of halogens is 2. The Bertz CT molecular complexity index is 520. The second-order valence-corrected chi connectivity index (χ2v) is 5.28. The van der Waals surface area contributed by atoms with Crippen LogP contribution in [-0.4, -0.2) is 17.7 Å². The van der Waals surface area contributed by atoms with E-state index in [9.17, 15) is 0 Å². The van der Waals surface area contributed by atoms with Crippen LogP contribution in [0, 0.1) is 0 Å². The molecule has 0 radical (unpaired) electrons. The number of hydrogen-bond acceptors (Lipinski definition) is 1. The number of nitrogens with one attached hydrogen (secondary N) is 1. The molecule has 0 aliphatic heterocycles. The number of hydrogen-bond donors (Lipinski definition) is 1. The van der Waals surface area contributed by atoms with Gasteiger partial charge < -0.3 is 9.88 Å². The Labute approximate surface area is 118 Å². The van der Waals surface area contributed by atoms with E-state index in [2.05, 4.69) is 23.0 Å². The summed E-state index contributed by atoms with van der Waals surface area (Å²) in [5, 5.41) is 5.90. The van der Waals surface area contributed by atoms with Gasteiger partial charge in [-0.15, -0.1) is 0 Å². The van der Waals surface area contributed by atoms with Crippen LogP contribution in [-0.2, 0) is 6.54 Å². The molecule has 0 atom stereocenters. The van der Waals surface area contributed by atoms with Gasteiger partial charge in [0.05, 0.1) is 10.5 Å². The van der Waals surface area contributed by atoms with E-state index >= 15 is 0 Å². The summed E-state index contributed by atoms with van der Waals surface area (Å²) in [6.45, 7) is 5.18. The highest BCUT2D eigenvalue weighted by atomic mass is 35.5. The van der Waals surface area contributed by atoms with Crippen molar-refractivity contribution in [1.29, 1.82) is 0 Å². The normalized spacial score (nSPS) is 11.3. The molecule has 0 aliphatic carbocycles. The first-order chi connectivity index (χ1) is 8.72. The predicted molar refractivity (Wildman–Crippen MR) is 79.7 cm³/mol. The molecule has 0 saturated carbocycles. The van der Waals surface area contributed by atoms with Crippen molar-refractivity contribution in [1.82, 2.24) is 9.88 Å². The fourth-order valence-corrected chi connectivity index (χ4v) is 2.59. The first kappa shape index (κ1) is 13.7. The van der Waals surface area contributed by atoms with Crippen LogP contribution in [0.25, 0.3) is 10.9 Å². The number of aromatic nitrogens is 1. The number of nitrogens with zero attached hydrogens (tertiary/aromatic N) is 1. The van der Waals surface area contributed by atoms with Gasteiger partial charge in [-0.1, -0.05) is 36.5 Å². The molecule has 0 fully saturated rings. The summed E-state index contributed by atoms with van der Waals surface area (Å²) in [4.78, 5) is 0. The van der Waals surface area contributed by atoms with Crippen molar-refractivity contribution in [2.24, 2.45) is 0 Å². The fourth-order valence-electron chi connectivity index (χ4n) is 2.04. The van der Waals surface area contributed by atoms with E-state index in [0.29, 0.717) is 5.02 Å². The molecule has 1 heterocycles. The minimum Gasteiger partial charge on any atom is -0.346 e. The molecule has 1 aromatic heterocycles. The molecule has 0 spiro atoms. The number of fused-ring (bicyclic) bond motifs is 1. The molecule has 4 heteroatoms. The van der Waals surface area contributed by atoms with Crippen molar-refractivity contribution >= 4 is 34.1 Å². The molecule has 2 aromatic rings. The van der Waals surface area contributed by atoms with Gasteiger partial charge in [-0.25, -0.2) is 0 Å². The third-order valence-corrected chi connectivity index (χ3v) is 3.57. The van der Waals surface area contributed by atoms with Crippen LogP contribution < -0.4 is 5.32 Å². The largest absolute Gasteiger partial charge is 0.346 e. The average Bonchev–Trinajstić information content (AvgIpc) is 2.72. The van der Waals surface area contributed by atoms with E-state index < -0.39 is 0 Å². The second kappa shape index (κ2) is 6.46. The molecule has 0 saturated heterocycles. The molecule has 0 bridgehead atoms. The van der Waals surface area contributed by atoms with Gasteiger partial charge in [0.1, 0.15) is 0 Å².